The molecule has 0 fully saturated rings. The Morgan fingerprint density at radius 3 is 2.34 bits per heavy atom. The first-order chi connectivity index (χ1) is 13.7. The molecule has 0 spiro atoms. The SMILES string of the molecule is CCNC(=O)COc1ccc(NC(C)C(=O)Nc2ccccc2C(F)(F)F)cc1. The zero-order chi connectivity index (χ0) is 21.4. The first-order valence-electron chi connectivity index (χ1n) is 8.94. The summed E-state index contributed by atoms with van der Waals surface area (Å²) in [6, 6.07) is 10.5. The smallest absolute Gasteiger partial charge is 0.418 e. The van der Waals surface area contributed by atoms with E-state index in [1.54, 1.807) is 31.2 Å². The summed E-state index contributed by atoms with van der Waals surface area (Å²) in [4.78, 5) is 23.7. The minimum absolute atomic E-state index is 0.113. The summed E-state index contributed by atoms with van der Waals surface area (Å²) >= 11 is 0. The monoisotopic (exact) mass is 409 g/mol. The third-order valence-electron chi connectivity index (χ3n) is 3.86. The highest BCUT2D eigenvalue weighted by atomic mass is 19.4. The molecule has 0 aliphatic rings. The molecule has 156 valence electrons. The van der Waals surface area contributed by atoms with Crippen LogP contribution in [0.4, 0.5) is 24.5 Å². The van der Waals surface area contributed by atoms with E-state index in [2.05, 4.69) is 16.0 Å². The molecule has 1 unspecified atom stereocenters. The standard InChI is InChI=1S/C20H22F3N3O3/c1-3-24-18(27)12-29-15-10-8-14(9-11-15)25-13(2)19(28)26-17-7-5-4-6-16(17)20(21,22)23/h4-11,13,25H,3,12H2,1-2H3,(H,24,27)(H,26,28). The molecule has 0 aliphatic carbocycles. The number of alkyl halides is 3. The van der Waals surface area contributed by atoms with E-state index in [4.69, 9.17) is 4.74 Å². The van der Waals surface area contributed by atoms with E-state index in [0.29, 0.717) is 18.0 Å². The van der Waals surface area contributed by atoms with Crippen LogP contribution in [0.3, 0.4) is 0 Å². The van der Waals surface area contributed by atoms with Crippen LogP contribution >= 0.6 is 0 Å². The van der Waals surface area contributed by atoms with Gasteiger partial charge in [-0.2, -0.15) is 13.2 Å². The number of hydrogen-bond acceptors (Lipinski definition) is 4. The van der Waals surface area contributed by atoms with Crippen LogP contribution < -0.4 is 20.7 Å². The van der Waals surface area contributed by atoms with Crippen molar-refractivity contribution < 1.29 is 27.5 Å². The highest BCUT2D eigenvalue weighted by Gasteiger charge is 2.33. The molecule has 2 aromatic rings. The first-order valence-corrected chi connectivity index (χ1v) is 8.94. The zero-order valence-corrected chi connectivity index (χ0v) is 16.0. The Labute approximate surface area is 166 Å². The molecule has 6 nitrogen and oxygen atoms in total. The van der Waals surface area contributed by atoms with Gasteiger partial charge in [-0.1, -0.05) is 12.1 Å². The maximum absolute atomic E-state index is 13.0. The molecule has 0 aliphatic heterocycles. The summed E-state index contributed by atoms with van der Waals surface area (Å²) < 4.78 is 44.4. The van der Waals surface area contributed by atoms with Gasteiger partial charge in [0.2, 0.25) is 5.91 Å². The van der Waals surface area contributed by atoms with Gasteiger partial charge in [-0.15, -0.1) is 0 Å². The number of nitrogens with one attached hydrogen (secondary N) is 3. The van der Waals surface area contributed by atoms with Crippen LogP contribution in [-0.4, -0.2) is 31.0 Å². The van der Waals surface area contributed by atoms with Gasteiger partial charge in [0.15, 0.2) is 6.61 Å². The molecule has 0 heterocycles. The molecule has 2 aromatic carbocycles. The van der Waals surface area contributed by atoms with Gasteiger partial charge in [-0.25, -0.2) is 0 Å². The number of ether oxygens (including phenoxy) is 1. The van der Waals surface area contributed by atoms with Crippen LogP contribution in [-0.2, 0) is 15.8 Å². The Hall–Kier alpha value is -3.23. The summed E-state index contributed by atoms with van der Waals surface area (Å²) in [5.74, 6) is -0.379. The van der Waals surface area contributed by atoms with Gasteiger partial charge in [0.25, 0.3) is 5.91 Å². The van der Waals surface area contributed by atoms with Gasteiger partial charge in [0.1, 0.15) is 11.8 Å². The van der Waals surface area contributed by atoms with Crippen molar-refractivity contribution in [2.45, 2.75) is 26.1 Å². The van der Waals surface area contributed by atoms with Crippen molar-refractivity contribution in [3.8, 4) is 5.75 Å². The van der Waals surface area contributed by atoms with E-state index in [1.807, 2.05) is 0 Å². The van der Waals surface area contributed by atoms with Crippen molar-refractivity contribution in [1.82, 2.24) is 5.32 Å². The Kier molecular flexibility index (Phi) is 7.46. The van der Waals surface area contributed by atoms with Crippen molar-refractivity contribution in [2.24, 2.45) is 0 Å². The van der Waals surface area contributed by atoms with Crippen molar-refractivity contribution >= 4 is 23.2 Å². The van der Waals surface area contributed by atoms with E-state index in [1.165, 1.54) is 25.1 Å². The molecule has 0 bridgehead atoms. The molecule has 3 N–H and O–H groups in total. The second-order valence-corrected chi connectivity index (χ2v) is 6.17. The van der Waals surface area contributed by atoms with Crippen LogP contribution in [0, 0.1) is 0 Å². The number of carbonyl (C=O) groups is 2. The highest BCUT2D eigenvalue weighted by molar-refractivity contribution is 5.96. The molecular formula is C20H22F3N3O3. The number of amides is 2. The number of carbonyl (C=O) groups excluding carboxylic acids is 2. The summed E-state index contributed by atoms with van der Waals surface area (Å²) in [7, 11) is 0. The highest BCUT2D eigenvalue weighted by Crippen LogP contribution is 2.34. The fraction of sp³-hybridized carbons (Fsp3) is 0.300. The maximum Gasteiger partial charge on any atom is 0.418 e. The second-order valence-electron chi connectivity index (χ2n) is 6.17. The molecule has 9 heteroatoms. The number of rotatable bonds is 8. The fourth-order valence-electron chi connectivity index (χ4n) is 2.44. The summed E-state index contributed by atoms with van der Waals surface area (Å²) in [5, 5.41) is 7.81. The lowest BCUT2D eigenvalue weighted by Gasteiger charge is -2.18. The Balaban J connectivity index is 1.94. The van der Waals surface area contributed by atoms with Gasteiger partial charge in [-0.05, 0) is 50.2 Å². The van der Waals surface area contributed by atoms with Crippen LogP contribution in [0.15, 0.2) is 48.5 Å². The molecule has 0 aromatic heterocycles. The van der Waals surface area contributed by atoms with E-state index < -0.39 is 23.7 Å². The van der Waals surface area contributed by atoms with Gasteiger partial charge >= 0.3 is 6.18 Å². The number of hydrogen-bond donors (Lipinski definition) is 3. The molecule has 29 heavy (non-hydrogen) atoms. The Bertz CT molecular complexity index is 839. The molecule has 0 saturated heterocycles. The number of halogens is 3. The minimum atomic E-state index is -4.57. The average Bonchev–Trinajstić information content (AvgIpc) is 2.67. The van der Waals surface area contributed by atoms with Gasteiger partial charge < -0.3 is 20.7 Å². The van der Waals surface area contributed by atoms with E-state index >= 15 is 0 Å². The molecule has 0 saturated carbocycles. The van der Waals surface area contributed by atoms with Gasteiger partial charge in [0.05, 0.1) is 11.3 Å². The van der Waals surface area contributed by atoms with E-state index in [0.717, 1.165) is 6.07 Å². The predicted octanol–water partition coefficient (Wildman–Crippen LogP) is 3.66. The molecular weight excluding hydrogens is 387 g/mol. The van der Waals surface area contributed by atoms with E-state index in [9.17, 15) is 22.8 Å². The minimum Gasteiger partial charge on any atom is -0.484 e. The summed E-state index contributed by atoms with van der Waals surface area (Å²) in [5.41, 5.74) is -0.635. The van der Waals surface area contributed by atoms with Crippen molar-refractivity contribution in [3.63, 3.8) is 0 Å². The number of para-hydroxylation sites is 1. The third-order valence-corrected chi connectivity index (χ3v) is 3.86. The van der Waals surface area contributed by atoms with Crippen molar-refractivity contribution in [1.29, 1.82) is 0 Å². The Morgan fingerprint density at radius 2 is 1.72 bits per heavy atom. The van der Waals surface area contributed by atoms with Crippen molar-refractivity contribution in [2.75, 3.05) is 23.8 Å². The van der Waals surface area contributed by atoms with Crippen LogP contribution in [0.5, 0.6) is 5.75 Å². The van der Waals surface area contributed by atoms with E-state index in [-0.39, 0.29) is 18.2 Å². The van der Waals surface area contributed by atoms with Gasteiger partial charge in [-0.3, -0.25) is 9.59 Å². The Morgan fingerprint density at radius 1 is 1.07 bits per heavy atom. The average molecular weight is 409 g/mol. The normalized spacial score (nSPS) is 12.0. The predicted molar refractivity (Wildman–Crippen MR) is 104 cm³/mol. The summed E-state index contributed by atoms with van der Waals surface area (Å²) in [6.07, 6.45) is -4.57. The zero-order valence-electron chi connectivity index (χ0n) is 16.0. The van der Waals surface area contributed by atoms with Crippen LogP contribution in [0.25, 0.3) is 0 Å². The fourth-order valence-corrected chi connectivity index (χ4v) is 2.44. The lowest BCUT2D eigenvalue weighted by atomic mass is 10.1. The largest absolute Gasteiger partial charge is 0.484 e. The first kappa shape index (κ1) is 22.1. The molecule has 2 amide bonds. The molecule has 2 rings (SSSR count). The van der Waals surface area contributed by atoms with Crippen LogP contribution in [0.2, 0.25) is 0 Å². The third kappa shape index (κ3) is 6.70. The summed E-state index contributed by atoms with van der Waals surface area (Å²) in [6.45, 7) is 3.74. The van der Waals surface area contributed by atoms with Crippen molar-refractivity contribution in [3.05, 3.63) is 54.1 Å². The maximum atomic E-state index is 13.0. The lowest BCUT2D eigenvalue weighted by Crippen LogP contribution is -2.32. The second kappa shape index (κ2) is 9.81. The number of likely N-dealkylation sites (N-methyl/N-ethyl adjacent to an activating group) is 1. The quantitative estimate of drug-likeness (QED) is 0.622. The van der Waals surface area contributed by atoms with Gasteiger partial charge in [0, 0.05) is 12.2 Å². The lowest BCUT2D eigenvalue weighted by molar-refractivity contribution is -0.137. The molecule has 0 radical (unpaired) electrons. The van der Waals surface area contributed by atoms with Crippen LogP contribution in [0.1, 0.15) is 19.4 Å². The number of anilines is 2. The topological polar surface area (TPSA) is 79.5 Å². The number of benzene rings is 2. The molecule has 1 atom stereocenters.